The van der Waals surface area contributed by atoms with E-state index < -0.39 is 20.2 Å². The third kappa shape index (κ3) is 2.54. The number of nitrogens with zero attached hydrogens (tertiary/aromatic N) is 3. The van der Waals surface area contributed by atoms with Crippen LogP contribution in [-0.4, -0.2) is 22.9 Å². The van der Waals surface area contributed by atoms with Gasteiger partial charge in [0.2, 0.25) is 5.69 Å². The monoisotopic (exact) mass is 267 g/mol. The molecule has 0 bridgehead atoms. The Hall–Kier alpha value is -2.06. The minimum atomic E-state index is -0.770. The maximum absolute atomic E-state index is 12.6. The fourth-order valence-corrected chi connectivity index (χ4v) is 2.38. The quantitative estimate of drug-likeness (QED) is 0.361. The molecule has 0 N–H and O–H groups in total. The van der Waals surface area contributed by atoms with Crippen molar-refractivity contribution in [2.45, 2.75) is 19.3 Å². The van der Waals surface area contributed by atoms with Crippen LogP contribution in [0.15, 0.2) is 18.2 Å². The molecule has 19 heavy (non-hydrogen) atoms. The van der Waals surface area contributed by atoms with Gasteiger partial charge in [0.05, 0.1) is 22.9 Å². The van der Waals surface area contributed by atoms with E-state index in [0.717, 1.165) is 18.6 Å². The lowest BCUT2D eigenvalue weighted by Crippen LogP contribution is -2.47. The third-order valence-corrected chi connectivity index (χ3v) is 3.34. The van der Waals surface area contributed by atoms with Crippen molar-refractivity contribution >= 4 is 17.1 Å². The molecular formula is C11H13N3O5. The normalized spacial score (nSPS) is 17.9. The Bertz CT molecular complexity index is 525. The van der Waals surface area contributed by atoms with Gasteiger partial charge in [-0.1, -0.05) is 0 Å². The molecule has 1 fully saturated rings. The average Bonchev–Trinajstić information content (AvgIpc) is 2.38. The van der Waals surface area contributed by atoms with Crippen molar-refractivity contribution in [1.29, 1.82) is 0 Å². The Morgan fingerprint density at radius 2 is 1.63 bits per heavy atom. The Balaban J connectivity index is 2.50. The molecule has 1 heterocycles. The van der Waals surface area contributed by atoms with Gasteiger partial charge in [-0.15, -0.1) is 0 Å². The molecule has 1 aromatic rings. The van der Waals surface area contributed by atoms with E-state index in [9.17, 15) is 25.4 Å². The number of non-ortho nitro benzene ring substituents is 1. The average molecular weight is 267 g/mol. The van der Waals surface area contributed by atoms with Gasteiger partial charge < -0.3 is 9.85 Å². The second-order valence-electron chi connectivity index (χ2n) is 4.58. The smallest absolute Gasteiger partial charge is 0.336 e. The highest BCUT2D eigenvalue weighted by Crippen LogP contribution is 2.37. The van der Waals surface area contributed by atoms with E-state index in [4.69, 9.17) is 0 Å². The highest BCUT2D eigenvalue weighted by atomic mass is 16.6. The van der Waals surface area contributed by atoms with Gasteiger partial charge in [-0.05, 0) is 19.3 Å². The number of hydrogen-bond acceptors (Lipinski definition) is 5. The highest BCUT2D eigenvalue weighted by molar-refractivity contribution is 5.65. The summed E-state index contributed by atoms with van der Waals surface area (Å²) in [5.74, 6) is 0. The van der Waals surface area contributed by atoms with Crippen molar-refractivity contribution < 1.29 is 9.85 Å². The van der Waals surface area contributed by atoms with Crippen LogP contribution in [0.25, 0.3) is 0 Å². The van der Waals surface area contributed by atoms with Crippen molar-refractivity contribution in [3.05, 3.63) is 43.6 Å². The minimum absolute atomic E-state index is 0.00954. The first-order valence-electron chi connectivity index (χ1n) is 5.95. The van der Waals surface area contributed by atoms with Gasteiger partial charge in [-0.25, -0.2) is 0 Å². The number of rotatable bonds is 3. The molecule has 1 aliphatic rings. The molecule has 8 nitrogen and oxygen atoms in total. The van der Waals surface area contributed by atoms with Crippen molar-refractivity contribution in [3.8, 4) is 0 Å². The molecular weight excluding hydrogens is 254 g/mol. The van der Waals surface area contributed by atoms with Crippen molar-refractivity contribution in [3.63, 3.8) is 0 Å². The summed E-state index contributed by atoms with van der Waals surface area (Å²) in [4.78, 5) is 20.2. The van der Waals surface area contributed by atoms with Crippen LogP contribution < -0.4 is 4.65 Å². The summed E-state index contributed by atoms with van der Waals surface area (Å²) in [5.41, 5.74) is -0.833. The van der Waals surface area contributed by atoms with Gasteiger partial charge in [0.15, 0.2) is 0 Å². The van der Waals surface area contributed by atoms with E-state index in [0.29, 0.717) is 12.8 Å². The summed E-state index contributed by atoms with van der Waals surface area (Å²) in [6.45, 7) is 0.553. The number of quaternary nitrogens is 1. The van der Waals surface area contributed by atoms with Crippen LogP contribution in [-0.2, 0) is 0 Å². The van der Waals surface area contributed by atoms with E-state index in [1.165, 1.54) is 6.07 Å². The first-order valence-corrected chi connectivity index (χ1v) is 5.95. The molecule has 1 aromatic carbocycles. The van der Waals surface area contributed by atoms with Gasteiger partial charge in [0.25, 0.3) is 5.69 Å². The standard InChI is InChI=1S/C11H13N3O5/c15-12(16)9-4-5-11(10(8-9)13(17)18)14(19)6-2-1-3-7-14/h4-5,8H,1-3,6-7H2. The molecule has 0 radical (unpaired) electrons. The highest BCUT2D eigenvalue weighted by Gasteiger charge is 2.33. The maximum atomic E-state index is 12.6. The zero-order valence-corrected chi connectivity index (χ0v) is 10.2. The van der Waals surface area contributed by atoms with Gasteiger partial charge in [-0.3, -0.25) is 20.2 Å². The first-order chi connectivity index (χ1) is 8.94. The van der Waals surface area contributed by atoms with Crippen LogP contribution in [0.3, 0.4) is 0 Å². The largest absolute Gasteiger partial charge is 0.627 e. The fraction of sp³-hybridized carbons (Fsp3) is 0.455. The summed E-state index contributed by atoms with van der Waals surface area (Å²) in [6.07, 6.45) is 2.35. The predicted molar refractivity (Wildman–Crippen MR) is 68.5 cm³/mol. The van der Waals surface area contributed by atoms with E-state index in [1.54, 1.807) is 0 Å². The molecule has 2 rings (SSSR count). The fourth-order valence-electron chi connectivity index (χ4n) is 2.38. The lowest BCUT2D eigenvalue weighted by molar-refractivity contribution is -0.394. The van der Waals surface area contributed by atoms with Crippen molar-refractivity contribution in [2.75, 3.05) is 13.1 Å². The zero-order chi connectivity index (χ0) is 14.0. The Morgan fingerprint density at radius 1 is 1.00 bits per heavy atom. The topological polar surface area (TPSA) is 109 Å². The second-order valence-corrected chi connectivity index (χ2v) is 4.58. The number of benzene rings is 1. The summed E-state index contributed by atoms with van der Waals surface area (Å²) >= 11 is 0. The lowest BCUT2D eigenvalue weighted by atomic mass is 10.1. The predicted octanol–water partition coefficient (Wildman–Crippen LogP) is 2.49. The number of nitro groups is 2. The molecule has 0 aromatic heterocycles. The van der Waals surface area contributed by atoms with Gasteiger partial charge in [0, 0.05) is 12.1 Å². The third-order valence-electron chi connectivity index (χ3n) is 3.34. The molecule has 0 saturated carbocycles. The molecule has 1 saturated heterocycles. The van der Waals surface area contributed by atoms with Crippen LogP contribution in [0, 0.1) is 25.4 Å². The van der Waals surface area contributed by atoms with E-state index >= 15 is 0 Å². The first kappa shape index (κ1) is 13.4. The van der Waals surface area contributed by atoms with E-state index in [2.05, 4.69) is 0 Å². The molecule has 0 unspecified atom stereocenters. The number of piperidine rings is 1. The number of nitro benzene ring substituents is 2. The summed E-state index contributed by atoms with van der Waals surface area (Å²) < 4.78 is -0.770. The SMILES string of the molecule is O=[N+]([O-])c1ccc([N+]2([O-])CCCCC2)c([N+](=O)[O-])c1. The van der Waals surface area contributed by atoms with E-state index in [-0.39, 0.29) is 24.5 Å². The summed E-state index contributed by atoms with van der Waals surface area (Å²) in [7, 11) is 0. The zero-order valence-electron chi connectivity index (χ0n) is 10.2. The molecule has 0 spiro atoms. The van der Waals surface area contributed by atoms with Gasteiger partial charge in [0.1, 0.15) is 6.07 Å². The Labute approximate surface area is 108 Å². The molecule has 8 heteroatoms. The van der Waals surface area contributed by atoms with E-state index in [1.807, 2.05) is 0 Å². The summed E-state index contributed by atoms with van der Waals surface area (Å²) in [5, 5.41) is 34.3. The van der Waals surface area contributed by atoms with Crippen LogP contribution in [0.1, 0.15) is 19.3 Å². The van der Waals surface area contributed by atoms with Crippen LogP contribution >= 0.6 is 0 Å². The molecule has 0 aliphatic carbocycles. The lowest BCUT2D eigenvalue weighted by Gasteiger charge is -2.44. The molecule has 102 valence electrons. The minimum Gasteiger partial charge on any atom is -0.627 e. The van der Waals surface area contributed by atoms with Crippen molar-refractivity contribution in [2.24, 2.45) is 0 Å². The van der Waals surface area contributed by atoms with Crippen LogP contribution in [0.4, 0.5) is 17.1 Å². The number of hydrogen-bond donors (Lipinski definition) is 0. The van der Waals surface area contributed by atoms with Crippen LogP contribution in [0.5, 0.6) is 0 Å². The Kier molecular flexibility index (Phi) is 3.45. The molecule has 1 aliphatic heterocycles. The van der Waals surface area contributed by atoms with Crippen LogP contribution in [0.2, 0.25) is 0 Å². The van der Waals surface area contributed by atoms with Gasteiger partial charge in [-0.2, -0.15) is 0 Å². The maximum Gasteiger partial charge on any atom is 0.336 e. The van der Waals surface area contributed by atoms with Crippen molar-refractivity contribution in [1.82, 2.24) is 4.65 Å². The van der Waals surface area contributed by atoms with Gasteiger partial charge >= 0.3 is 5.69 Å². The Morgan fingerprint density at radius 3 is 2.16 bits per heavy atom. The second kappa shape index (κ2) is 4.90. The molecule has 0 amide bonds. The molecule has 0 atom stereocenters. The number of hydroxylamine groups is 2. The summed E-state index contributed by atoms with van der Waals surface area (Å²) in [6, 6.07) is 3.23.